The van der Waals surface area contributed by atoms with Gasteiger partial charge < -0.3 is 0 Å². The molecule has 8 heteroatoms. The van der Waals surface area contributed by atoms with Gasteiger partial charge in [-0.15, -0.1) is 22.7 Å². The van der Waals surface area contributed by atoms with Crippen LogP contribution in [0.5, 0.6) is 0 Å². The Morgan fingerprint density at radius 3 is 2.89 bits per heavy atom. The van der Waals surface area contributed by atoms with Crippen molar-refractivity contribution in [3.05, 3.63) is 44.1 Å². The van der Waals surface area contributed by atoms with E-state index in [-0.39, 0.29) is 5.69 Å². The van der Waals surface area contributed by atoms with Gasteiger partial charge in [-0.1, -0.05) is 6.92 Å². The van der Waals surface area contributed by atoms with E-state index in [0.29, 0.717) is 6.54 Å². The van der Waals surface area contributed by atoms with Crippen LogP contribution in [-0.4, -0.2) is 24.8 Å². The predicted octanol–water partition coefficient (Wildman–Crippen LogP) is 1.56. The normalized spacial score (nSPS) is 11.0. The summed E-state index contributed by atoms with van der Waals surface area (Å²) >= 11 is 3.05. The van der Waals surface area contributed by atoms with Crippen LogP contribution in [0.4, 0.5) is 0 Å². The molecule has 0 radical (unpaired) electrons. The monoisotopic (exact) mass is 293 g/mol. The first-order valence-electron chi connectivity index (χ1n) is 5.78. The van der Waals surface area contributed by atoms with Gasteiger partial charge in [0.25, 0.3) is 0 Å². The van der Waals surface area contributed by atoms with Gasteiger partial charge in [-0.2, -0.15) is 9.36 Å². The molecular formula is C11H11N5OS2. The summed E-state index contributed by atoms with van der Waals surface area (Å²) in [6.45, 7) is 2.42. The number of aryl methyl sites for hydroxylation is 1. The third-order valence-corrected chi connectivity index (χ3v) is 4.45. The lowest BCUT2D eigenvalue weighted by Crippen LogP contribution is -2.24. The molecule has 19 heavy (non-hydrogen) atoms. The second kappa shape index (κ2) is 5.06. The van der Waals surface area contributed by atoms with Crippen molar-refractivity contribution in [1.29, 1.82) is 0 Å². The Kier molecular flexibility index (Phi) is 3.26. The maximum atomic E-state index is 12.1. The molecule has 0 aromatic carbocycles. The summed E-state index contributed by atoms with van der Waals surface area (Å²) in [5.41, 5.74) is 0.607. The highest BCUT2D eigenvalue weighted by atomic mass is 32.1. The lowest BCUT2D eigenvalue weighted by Gasteiger charge is -1.94. The summed E-state index contributed by atoms with van der Waals surface area (Å²) in [4.78, 5) is 16.6. The summed E-state index contributed by atoms with van der Waals surface area (Å²) < 4.78 is 2.63. The van der Waals surface area contributed by atoms with E-state index in [0.717, 1.165) is 22.1 Å². The van der Waals surface area contributed by atoms with Crippen molar-refractivity contribution >= 4 is 22.7 Å². The van der Waals surface area contributed by atoms with Crippen LogP contribution >= 0.6 is 22.7 Å². The maximum Gasteiger partial charge on any atom is 0.369 e. The minimum absolute atomic E-state index is 0.242. The maximum absolute atomic E-state index is 12.1. The van der Waals surface area contributed by atoms with Crippen LogP contribution in [0, 0.1) is 0 Å². The summed E-state index contributed by atoms with van der Waals surface area (Å²) in [7, 11) is 0. The summed E-state index contributed by atoms with van der Waals surface area (Å²) in [5, 5.41) is 13.5. The molecule has 0 aliphatic carbocycles. The first-order chi connectivity index (χ1) is 9.28. The van der Waals surface area contributed by atoms with Gasteiger partial charge in [-0.05, 0) is 34.4 Å². The van der Waals surface area contributed by atoms with Crippen molar-refractivity contribution in [3.63, 3.8) is 0 Å². The molecule has 0 atom stereocenters. The molecule has 0 aliphatic rings. The fraction of sp³-hybridized carbons (Fsp3) is 0.273. The summed E-state index contributed by atoms with van der Waals surface area (Å²) in [5.74, 6) is 0. The molecule has 0 saturated carbocycles. The minimum atomic E-state index is -0.242. The van der Waals surface area contributed by atoms with Gasteiger partial charge in [0.05, 0.1) is 17.2 Å². The first kappa shape index (κ1) is 12.2. The average Bonchev–Trinajstić information content (AvgIpc) is 3.12. The number of thiazole rings is 1. The van der Waals surface area contributed by atoms with Crippen LogP contribution in [0.15, 0.2) is 27.7 Å². The Morgan fingerprint density at radius 1 is 1.32 bits per heavy atom. The first-order valence-corrected chi connectivity index (χ1v) is 7.54. The molecular weight excluding hydrogens is 282 g/mol. The predicted molar refractivity (Wildman–Crippen MR) is 74.1 cm³/mol. The molecule has 0 bridgehead atoms. The molecule has 3 rings (SSSR count). The smallest absolute Gasteiger partial charge is 0.244 e. The van der Waals surface area contributed by atoms with Crippen molar-refractivity contribution in [3.8, 4) is 5.00 Å². The van der Waals surface area contributed by atoms with Gasteiger partial charge in [0.2, 0.25) is 0 Å². The zero-order valence-corrected chi connectivity index (χ0v) is 11.8. The second-order valence-corrected chi connectivity index (χ2v) is 5.74. The largest absolute Gasteiger partial charge is 0.369 e. The van der Waals surface area contributed by atoms with E-state index in [4.69, 9.17) is 0 Å². The van der Waals surface area contributed by atoms with Crippen LogP contribution in [0.2, 0.25) is 0 Å². The summed E-state index contributed by atoms with van der Waals surface area (Å²) in [6.07, 6.45) is 0.904. The molecule has 98 valence electrons. The Hall–Kier alpha value is -1.80. The highest BCUT2D eigenvalue weighted by Crippen LogP contribution is 2.12. The van der Waals surface area contributed by atoms with Gasteiger partial charge in [-0.3, -0.25) is 0 Å². The fourth-order valence-corrected chi connectivity index (χ4v) is 3.04. The van der Waals surface area contributed by atoms with Crippen molar-refractivity contribution < 1.29 is 0 Å². The van der Waals surface area contributed by atoms with Crippen LogP contribution in [0.25, 0.3) is 5.00 Å². The molecule has 3 aromatic heterocycles. The average molecular weight is 293 g/mol. The number of rotatable bonds is 4. The van der Waals surface area contributed by atoms with Gasteiger partial charge in [-0.25, -0.2) is 9.78 Å². The second-order valence-electron chi connectivity index (χ2n) is 3.87. The molecule has 0 spiro atoms. The standard InChI is InChI=1S/C11H11N5OS2/c1-2-9-12-8(7-19-9)6-15-11(17)16(14-13-15)10-4-3-5-18-10/h3-5,7H,2,6H2,1H3. The molecule has 0 aliphatic heterocycles. The zero-order chi connectivity index (χ0) is 13.2. The topological polar surface area (TPSA) is 65.6 Å². The Bertz CT molecular complexity index is 724. The Labute approximate surface area is 116 Å². The number of thiophene rings is 1. The van der Waals surface area contributed by atoms with Gasteiger partial charge in [0.1, 0.15) is 5.00 Å². The number of tetrazole rings is 1. The van der Waals surface area contributed by atoms with Crippen LogP contribution in [0.1, 0.15) is 17.6 Å². The zero-order valence-electron chi connectivity index (χ0n) is 10.2. The number of hydrogen-bond acceptors (Lipinski definition) is 6. The molecule has 3 aromatic rings. The molecule has 0 fully saturated rings. The van der Waals surface area contributed by atoms with E-state index in [1.165, 1.54) is 20.7 Å². The molecule has 0 saturated heterocycles. The van der Waals surface area contributed by atoms with E-state index >= 15 is 0 Å². The van der Waals surface area contributed by atoms with Crippen LogP contribution in [-0.2, 0) is 13.0 Å². The summed E-state index contributed by atoms with van der Waals surface area (Å²) in [6, 6.07) is 3.71. The molecule has 0 N–H and O–H groups in total. The van der Waals surface area contributed by atoms with Crippen LogP contribution < -0.4 is 5.69 Å². The Morgan fingerprint density at radius 2 is 2.21 bits per heavy atom. The third kappa shape index (κ3) is 2.36. The quantitative estimate of drug-likeness (QED) is 0.732. The molecule has 0 unspecified atom stereocenters. The van der Waals surface area contributed by atoms with E-state index in [2.05, 4.69) is 22.3 Å². The Balaban J connectivity index is 1.88. The van der Waals surface area contributed by atoms with E-state index in [9.17, 15) is 4.79 Å². The van der Waals surface area contributed by atoms with E-state index in [1.54, 1.807) is 11.3 Å². The number of nitrogens with zero attached hydrogens (tertiary/aromatic N) is 5. The molecule has 6 nitrogen and oxygen atoms in total. The van der Waals surface area contributed by atoms with Crippen molar-refractivity contribution in [2.75, 3.05) is 0 Å². The third-order valence-electron chi connectivity index (χ3n) is 2.57. The lowest BCUT2D eigenvalue weighted by atomic mass is 10.4. The van der Waals surface area contributed by atoms with Gasteiger partial charge in [0.15, 0.2) is 0 Å². The van der Waals surface area contributed by atoms with Crippen molar-refractivity contribution in [2.45, 2.75) is 19.9 Å². The highest BCUT2D eigenvalue weighted by Gasteiger charge is 2.11. The van der Waals surface area contributed by atoms with Crippen molar-refractivity contribution in [1.82, 2.24) is 24.8 Å². The minimum Gasteiger partial charge on any atom is -0.244 e. The van der Waals surface area contributed by atoms with Gasteiger partial charge >= 0.3 is 5.69 Å². The SMILES string of the molecule is CCc1nc(Cn2nnn(-c3cccs3)c2=O)cs1. The van der Waals surface area contributed by atoms with Crippen molar-refractivity contribution in [2.24, 2.45) is 0 Å². The number of aromatic nitrogens is 5. The number of hydrogen-bond donors (Lipinski definition) is 0. The molecule has 3 heterocycles. The van der Waals surface area contributed by atoms with Gasteiger partial charge in [0, 0.05) is 5.38 Å². The van der Waals surface area contributed by atoms with E-state index < -0.39 is 0 Å². The highest BCUT2D eigenvalue weighted by molar-refractivity contribution is 7.12. The van der Waals surface area contributed by atoms with Crippen LogP contribution in [0.3, 0.4) is 0 Å². The molecule has 0 amide bonds. The fourth-order valence-electron chi connectivity index (χ4n) is 1.64. The van der Waals surface area contributed by atoms with E-state index in [1.807, 2.05) is 22.9 Å². The lowest BCUT2D eigenvalue weighted by molar-refractivity contribution is 0.622.